The molecule has 0 radical (unpaired) electrons. The molecule has 33 heavy (non-hydrogen) atoms. The summed E-state index contributed by atoms with van der Waals surface area (Å²) < 4.78 is 0. The van der Waals surface area contributed by atoms with Gasteiger partial charge in [0, 0.05) is 30.1 Å². The number of hydrogen-bond donors (Lipinski definition) is 1. The molecule has 1 unspecified atom stereocenters. The number of likely N-dealkylation sites (tertiary alicyclic amines) is 1. The summed E-state index contributed by atoms with van der Waals surface area (Å²) in [6.45, 7) is 1.15. The number of rotatable bonds is 6. The summed E-state index contributed by atoms with van der Waals surface area (Å²) in [7, 11) is 0. The van der Waals surface area contributed by atoms with Crippen LogP contribution in [0, 0.1) is 5.92 Å². The third-order valence-electron chi connectivity index (χ3n) is 6.02. The van der Waals surface area contributed by atoms with Crippen molar-refractivity contribution in [3.63, 3.8) is 0 Å². The number of carbonyl (C=O) groups excluding carboxylic acids is 2. The van der Waals surface area contributed by atoms with Gasteiger partial charge in [0.05, 0.1) is 6.04 Å². The minimum absolute atomic E-state index is 0.0129. The highest BCUT2D eigenvalue weighted by molar-refractivity contribution is 6.30. The lowest BCUT2D eigenvalue weighted by Gasteiger charge is -2.32. The second-order valence-corrected chi connectivity index (χ2v) is 8.68. The molecule has 3 aromatic carbocycles. The van der Waals surface area contributed by atoms with Crippen LogP contribution < -0.4 is 5.32 Å². The second-order valence-electron chi connectivity index (χ2n) is 8.25. The number of amides is 2. The molecule has 1 atom stereocenters. The number of piperidine rings is 1. The lowest BCUT2D eigenvalue weighted by molar-refractivity contribution is -0.132. The van der Waals surface area contributed by atoms with Crippen molar-refractivity contribution in [1.82, 2.24) is 10.2 Å². The molecule has 1 aliphatic rings. The first-order valence-corrected chi connectivity index (χ1v) is 11.6. The Hall–Kier alpha value is -3.37. The van der Waals surface area contributed by atoms with E-state index in [4.69, 9.17) is 11.6 Å². The minimum Gasteiger partial charge on any atom is -0.345 e. The van der Waals surface area contributed by atoms with Crippen LogP contribution in [0.5, 0.6) is 0 Å². The maximum Gasteiger partial charge on any atom is 0.246 e. The molecule has 1 saturated heterocycles. The first-order chi connectivity index (χ1) is 16.1. The average Bonchev–Trinajstić information content (AvgIpc) is 2.87. The molecule has 1 N–H and O–H groups in total. The zero-order valence-electron chi connectivity index (χ0n) is 18.4. The molecule has 1 fully saturated rings. The number of hydrogen-bond acceptors (Lipinski definition) is 2. The molecule has 2 amide bonds. The monoisotopic (exact) mass is 458 g/mol. The van der Waals surface area contributed by atoms with Crippen LogP contribution in [0.15, 0.2) is 91.0 Å². The minimum atomic E-state index is -0.246. The van der Waals surface area contributed by atoms with Gasteiger partial charge in [-0.25, -0.2) is 0 Å². The molecule has 168 valence electrons. The highest BCUT2D eigenvalue weighted by Crippen LogP contribution is 2.26. The van der Waals surface area contributed by atoms with Crippen LogP contribution in [0.3, 0.4) is 0 Å². The van der Waals surface area contributed by atoms with Crippen LogP contribution >= 0.6 is 11.6 Å². The van der Waals surface area contributed by atoms with E-state index in [0.717, 1.165) is 16.7 Å². The number of halogens is 1. The van der Waals surface area contributed by atoms with E-state index < -0.39 is 0 Å². The van der Waals surface area contributed by atoms with E-state index in [9.17, 15) is 9.59 Å². The average molecular weight is 459 g/mol. The lowest BCUT2D eigenvalue weighted by atomic mass is 9.93. The quantitative estimate of drug-likeness (QED) is 0.496. The Morgan fingerprint density at radius 2 is 1.42 bits per heavy atom. The normalized spacial score (nSPS) is 15.4. The molecule has 3 aromatic rings. The maximum absolute atomic E-state index is 13.2. The first kappa shape index (κ1) is 22.8. The van der Waals surface area contributed by atoms with E-state index in [-0.39, 0.29) is 23.8 Å². The topological polar surface area (TPSA) is 49.4 Å². The van der Waals surface area contributed by atoms with Gasteiger partial charge in [-0.2, -0.15) is 0 Å². The Bertz CT molecular complexity index is 1090. The summed E-state index contributed by atoms with van der Waals surface area (Å²) in [6.07, 6.45) is 4.75. The SMILES string of the molecule is O=C(NC(c1ccccc1)c1ccc(Cl)cc1)C1CCN(C(=O)/C=C/c2ccccc2)CC1. The van der Waals surface area contributed by atoms with Crippen molar-refractivity contribution in [2.45, 2.75) is 18.9 Å². The molecule has 1 aliphatic heterocycles. The lowest BCUT2D eigenvalue weighted by Crippen LogP contribution is -2.43. The van der Waals surface area contributed by atoms with Crippen molar-refractivity contribution in [3.8, 4) is 0 Å². The zero-order chi connectivity index (χ0) is 23.0. The van der Waals surface area contributed by atoms with Crippen LogP contribution in [-0.2, 0) is 9.59 Å². The van der Waals surface area contributed by atoms with Crippen molar-refractivity contribution in [2.75, 3.05) is 13.1 Å². The highest BCUT2D eigenvalue weighted by Gasteiger charge is 2.28. The Morgan fingerprint density at radius 3 is 2.06 bits per heavy atom. The molecular weight excluding hydrogens is 432 g/mol. The molecule has 1 heterocycles. The fourth-order valence-corrected chi connectivity index (χ4v) is 4.25. The highest BCUT2D eigenvalue weighted by atomic mass is 35.5. The molecule has 0 spiro atoms. The van der Waals surface area contributed by atoms with Gasteiger partial charge < -0.3 is 10.2 Å². The standard InChI is InChI=1S/C28H27ClN2O2/c29-25-14-12-23(13-15-25)27(22-9-5-2-6-10-22)30-28(33)24-17-19-31(20-18-24)26(32)16-11-21-7-3-1-4-8-21/h1-16,24,27H,17-20H2,(H,30,33)/b16-11+. The Labute approximate surface area is 199 Å². The summed E-state index contributed by atoms with van der Waals surface area (Å²) in [5, 5.41) is 3.89. The third kappa shape index (κ3) is 6.11. The third-order valence-corrected chi connectivity index (χ3v) is 6.27. The molecule has 0 aromatic heterocycles. The van der Waals surface area contributed by atoms with E-state index in [2.05, 4.69) is 5.32 Å². The van der Waals surface area contributed by atoms with Crippen molar-refractivity contribution >= 4 is 29.5 Å². The predicted octanol–water partition coefficient (Wildman–Crippen LogP) is 5.50. The van der Waals surface area contributed by atoms with E-state index in [0.29, 0.717) is 31.0 Å². The fourth-order valence-electron chi connectivity index (χ4n) is 4.12. The van der Waals surface area contributed by atoms with Gasteiger partial charge in [-0.3, -0.25) is 9.59 Å². The van der Waals surface area contributed by atoms with Gasteiger partial charge in [-0.15, -0.1) is 0 Å². The summed E-state index contributed by atoms with van der Waals surface area (Å²) >= 11 is 6.06. The van der Waals surface area contributed by atoms with Crippen LogP contribution in [0.2, 0.25) is 5.02 Å². The van der Waals surface area contributed by atoms with Gasteiger partial charge in [0.15, 0.2) is 0 Å². The van der Waals surface area contributed by atoms with E-state index in [1.54, 1.807) is 6.08 Å². The molecule has 0 bridgehead atoms. The maximum atomic E-state index is 13.2. The molecular formula is C28H27ClN2O2. The molecule has 0 aliphatic carbocycles. The largest absolute Gasteiger partial charge is 0.345 e. The van der Waals surface area contributed by atoms with Crippen molar-refractivity contribution in [3.05, 3.63) is 113 Å². The first-order valence-electron chi connectivity index (χ1n) is 11.2. The predicted molar refractivity (Wildman–Crippen MR) is 133 cm³/mol. The number of nitrogens with zero attached hydrogens (tertiary/aromatic N) is 1. The van der Waals surface area contributed by atoms with E-state index in [1.165, 1.54) is 0 Å². The summed E-state index contributed by atoms with van der Waals surface area (Å²) in [4.78, 5) is 27.5. The van der Waals surface area contributed by atoms with Gasteiger partial charge in [-0.1, -0.05) is 84.4 Å². The van der Waals surface area contributed by atoms with Crippen molar-refractivity contribution in [2.24, 2.45) is 5.92 Å². The Balaban J connectivity index is 1.37. The summed E-state index contributed by atoms with van der Waals surface area (Å²) in [5.41, 5.74) is 3.00. The molecule has 5 heteroatoms. The second kappa shape index (κ2) is 11.0. The summed E-state index contributed by atoms with van der Waals surface area (Å²) in [5.74, 6) is -0.113. The van der Waals surface area contributed by atoms with Crippen molar-refractivity contribution < 1.29 is 9.59 Å². The smallest absolute Gasteiger partial charge is 0.246 e. The van der Waals surface area contributed by atoms with Gasteiger partial charge in [0.2, 0.25) is 11.8 Å². The summed E-state index contributed by atoms with van der Waals surface area (Å²) in [6, 6.07) is 27.0. The van der Waals surface area contributed by atoms with Crippen LogP contribution in [0.4, 0.5) is 0 Å². The Kier molecular flexibility index (Phi) is 7.59. The van der Waals surface area contributed by atoms with Gasteiger partial charge in [0.25, 0.3) is 0 Å². The van der Waals surface area contributed by atoms with Gasteiger partial charge in [0.1, 0.15) is 0 Å². The Morgan fingerprint density at radius 1 is 0.848 bits per heavy atom. The van der Waals surface area contributed by atoms with Crippen molar-refractivity contribution in [1.29, 1.82) is 0 Å². The number of benzene rings is 3. The van der Waals surface area contributed by atoms with Gasteiger partial charge >= 0.3 is 0 Å². The fraction of sp³-hybridized carbons (Fsp3) is 0.214. The van der Waals surface area contributed by atoms with E-state index >= 15 is 0 Å². The van der Waals surface area contributed by atoms with Gasteiger partial charge in [-0.05, 0) is 47.7 Å². The molecule has 4 rings (SSSR count). The van der Waals surface area contributed by atoms with Crippen LogP contribution in [-0.4, -0.2) is 29.8 Å². The van der Waals surface area contributed by atoms with E-state index in [1.807, 2.05) is 95.9 Å². The van der Waals surface area contributed by atoms with Crippen LogP contribution in [0.25, 0.3) is 6.08 Å². The number of carbonyl (C=O) groups is 2. The molecule has 4 nitrogen and oxygen atoms in total. The van der Waals surface area contributed by atoms with Crippen LogP contribution in [0.1, 0.15) is 35.6 Å². The molecule has 0 saturated carbocycles. The number of nitrogens with one attached hydrogen (secondary N) is 1. The zero-order valence-corrected chi connectivity index (χ0v) is 19.1.